The molecule has 1 saturated heterocycles. The van der Waals surface area contributed by atoms with Crippen molar-refractivity contribution in [3.8, 4) is 0 Å². The van der Waals surface area contributed by atoms with Gasteiger partial charge < -0.3 is 10.6 Å². The van der Waals surface area contributed by atoms with E-state index >= 15 is 0 Å². The van der Waals surface area contributed by atoms with Crippen LogP contribution in [0.4, 0.5) is 0 Å². The number of hydrogen-bond donors (Lipinski definition) is 1. The molecule has 5 heteroatoms. The Balaban J connectivity index is 0.00000176. The van der Waals surface area contributed by atoms with Crippen molar-refractivity contribution < 1.29 is 4.79 Å². The minimum Gasteiger partial charge on any atom is -0.341 e. The van der Waals surface area contributed by atoms with Crippen LogP contribution in [-0.2, 0) is 11.2 Å². The molecule has 22 heavy (non-hydrogen) atoms. The number of hydrogen-bond acceptors (Lipinski definition) is 3. The minimum absolute atomic E-state index is 0. The predicted molar refractivity (Wildman–Crippen MR) is 95.5 cm³/mol. The van der Waals surface area contributed by atoms with Crippen molar-refractivity contribution in [1.29, 1.82) is 0 Å². The van der Waals surface area contributed by atoms with Crippen LogP contribution >= 0.6 is 24.2 Å². The number of nitrogens with zero attached hydrogens (tertiary/aromatic N) is 1. The van der Waals surface area contributed by atoms with Gasteiger partial charge in [-0.2, -0.15) is 0 Å². The highest BCUT2D eigenvalue weighted by Crippen LogP contribution is 2.38. The van der Waals surface area contributed by atoms with E-state index in [2.05, 4.69) is 30.0 Å². The highest BCUT2D eigenvalue weighted by molar-refractivity contribution is 8.00. The Bertz CT molecular complexity index is 523. The standard InChI is InChI=1S/C17H24N2OS.ClH/c1-12(18)14-6-4-9-19(11-14)17(20)16-15-7-3-2-5-13(15)8-10-21-16;/h2-3,5,7,12,14,16H,4,6,8-11,18H2,1H3;1H. The Morgan fingerprint density at radius 3 is 2.95 bits per heavy atom. The molecule has 2 N–H and O–H groups in total. The summed E-state index contributed by atoms with van der Waals surface area (Å²) in [5.41, 5.74) is 8.61. The van der Waals surface area contributed by atoms with Gasteiger partial charge in [0, 0.05) is 19.1 Å². The second-order valence-electron chi connectivity index (χ2n) is 6.25. The predicted octanol–water partition coefficient (Wildman–Crippen LogP) is 3.02. The molecule has 1 fully saturated rings. The van der Waals surface area contributed by atoms with Crippen LogP contribution in [0.1, 0.15) is 36.1 Å². The number of carbonyl (C=O) groups excluding carboxylic acids is 1. The van der Waals surface area contributed by atoms with Crippen LogP contribution in [0.5, 0.6) is 0 Å². The Morgan fingerprint density at radius 2 is 2.18 bits per heavy atom. The van der Waals surface area contributed by atoms with E-state index in [1.54, 1.807) is 11.8 Å². The van der Waals surface area contributed by atoms with E-state index in [1.807, 2.05) is 6.07 Å². The zero-order valence-electron chi connectivity index (χ0n) is 13.0. The molecular weight excluding hydrogens is 316 g/mol. The van der Waals surface area contributed by atoms with E-state index in [9.17, 15) is 4.79 Å². The van der Waals surface area contributed by atoms with Gasteiger partial charge in [-0.15, -0.1) is 24.2 Å². The van der Waals surface area contributed by atoms with Gasteiger partial charge in [-0.1, -0.05) is 24.3 Å². The fourth-order valence-electron chi connectivity index (χ4n) is 3.40. The molecule has 3 rings (SSSR count). The monoisotopic (exact) mass is 340 g/mol. The first-order chi connectivity index (χ1) is 10.2. The SMILES string of the molecule is CC(N)C1CCCN(C(=O)C2SCCc3ccccc32)C1.Cl. The summed E-state index contributed by atoms with van der Waals surface area (Å²) in [6.45, 7) is 3.78. The summed E-state index contributed by atoms with van der Waals surface area (Å²) in [4.78, 5) is 15.0. The second-order valence-corrected chi connectivity index (χ2v) is 7.46. The molecule has 3 unspecified atom stereocenters. The van der Waals surface area contributed by atoms with Crippen molar-refractivity contribution >= 4 is 30.1 Å². The maximum absolute atomic E-state index is 12.9. The van der Waals surface area contributed by atoms with Crippen LogP contribution in [0.3, 0.4) is 0 Å². The lowest BCUT2D eigenvalue weighted by molar-refractivity contribution is -0.132. The number of fused-ring (bicyclic) bond motifs is 1. The number of benzene rings is 1. The Hall–Kier alpha value is -0.710. The number of piperidine rings is 1. The molecule has 1 amide bonds. The van der Waals surface area contributed by atoms with Gasteiger partial charge in [0.1, 0.15) is 5.25 Å². The maximum Gasteiger partial charge on any atom is 0.240 e. The average molecular weight is 341 g/mol. The van der Waals surface area contributed by atoms with E-state index in [4.69, 9.17) is 5.73 Å². The van der Waals surface area contributed by atoms with Gasteiger partial charge >= 0.3 is 0 Å². The van der Waals surface area contributed by atoms with E-state index in [0.717, 1.165) is 38.1 Å². The zero-order valence-corrected chi connectivity index (χ0v) is 14.7. The highest BCUT2D eigenvalue weighted by Gasteiger charge is 2.33. The number of likely N-dealkylation sites (tertiary alicyclic amines) is 1. The minimum atomic E-state index is -0.0122. The summed E-state index contributed by atoms with van der Waals surface area (Å²) in [6.07, 6.45) is 3.31. The molecule has 0 aliphatic carbocycles. The van der Waals surface area contributed by atoms with Crippen molar-refractivity contribution in [3.63, 3.8) is 0 Å². The first-order valence-corrected chi connectivity index (χ1v) is 8.95. The molecular formula is C17H25ClN2OS. The highest BCUT2D eigenvalue weighted by atomic mass is 35.5. The van der Waals surface area contributed by atoms with Crippen LogP contribution in [0.15, 0.2) is 24.3 Å². The van der Waals surface area contributed by atoms with Gasteiger partial charge in [0.05, 0.1) is 0 Å². The number of nitrogens with two attached hydrogens (primary N) is 1. The molecule has 0 radical (unpaired) electrons. The number of thioether (sulfide) groups is 1. The Morgan fingerprint density at radius 1 is 1.41 bits per heavy atom. The topological polar surface area (TPSA) is 46.3 Å². The molecule has 1 aromatic carbocycles. The van der Waals surface area contributed by atoms with E-state index in [-0.39, 0.29) is 29.6 Å². The molecule has 0 spiro atoms. The first-order valence-electron chi connectivity index (χ1n) is 7.90. The van der Waals surface area contributed by atoms with Gasteiger partial charge in [0.15, 0.2) is 0 Å². The van der Waals surface area contributed by atoms with E-state index < -0.39 is 0 Å². The summed E-state index contributed by atoms with van der Waals surface area (Å²) in [5, 5.41) is -0.0122. The molecule has 0 aromatic heterocycles. The number of amides is 1. The van der Waals surface area contributed by atoms with Crippen LogP contribution in [0.2, 0.25) is 0 Å². The Kier molecular flexibility index (Phi) is 6.18. The van der Waals surface area contributed by atoms with Gasteiger partial charge in [0.25, 0.3) is 0 Å². The number of carbonyl (C=O) groups is 1. The summed E-state index contributed by atoms with van der Waals surface area (Å²) in [7, 11) is 0. The fourth-order valence-corrected chi connectivity index (χ4v) is 4.68. The molecule has 122 valence electrons. The lowest BCUT2D eigenvalue weighted by atomic mass is 9.91. The smallest absolute Gasteiger partial charge is 0.240 e. The quantitative estimate of drug-likeness (QED) is 0.900. The van der Waals surface area contributed by atoms with Crippen molar-refractivity contribution in [2.75, 3.05) is 18.8 Å². The Labute approximate surface area is 143 Å². The van der Waals surface area contributed by atoms with Gasteiger partial charge in [-0.25, -0.2) is 0 Å². The van der Waals surface area contributed by atoms with Crippen LogP contribution in [0.25, 0.3) is 0 Å². The number of aryl methyl sites for hydroxylation is 1. The fraction of sp³-hybridized carbons (Fsp3) is 0.588. The molecule has 2 heterocycles. The van der Waals surface area contributed by atoms with Crippen molar-refractivity contribution in [3.05, 3.63) is 35.4 Å². The normalized spacial score (nSPS) is 25.8. The summed E-state index contributed by atoms with van der Waals surface area (Å²) < 4.78 is 0. The van der Waals surface area contributed by atoms with Gasteiger partial charge in [0.2, 0.25) is 5.91 Å². The summed E-state index contributed by atoms with van der Waals surface area (Å²) in [5.74, 6) is 1.78. The molecule has 3 nitrogen and oxygen atoms in total. The van der Waals surface area contributed by atoms with Gasteiger partial charge in [-0.05, 0) is 49.0 Å². The van der Waals surface area contributed by atoms with Crippen molar-refractivity contribution in [2.24, 2.45) is 11.7 Å². The summed E-state index contributed by atoms with van der Waals surface area (Å²) >= 11 is 1.79. The average Bonchev–Trinajstić information content (AvgIpc) is 2.53. The number of rotatable bonds is 2. The summed E-state index contributed by atoms with van der Waals surface area (Å²) in [6, 6.07) is 8.58. The largest absolute Gasteiger partial charge is 0.341 e. The van der Waals surface area contributed by atoms with Crippen molar-refractivity contribution in [1.82, 2.24) is 4.90 Å². The van der Waals surface area contributed by atoms with E-state index in [1.165, 1.54) is 11.1 Å². The molecule has 3 atom stereocenters. The van der Waals surface area contributed by atoms with Gasteiger partial charge in [-0.3, -0.25) is 4.79 Å². The molecule has 1 aromatic rings. The van der Waals surface area contributed by atoms with Crippen LogP contribution in [0, 0.1) is 5.92 Å². The third-order valence-electron chi connectivity index (χ3n) is 4.73. The molecule has 2 aliphatic heterocycles. The second kappa shape index (κ2) is 7.71. The third-order valence-corrected chi connectivity index (χ3v) is 5.96. The number of halogens is 1. The zero-order chi connectivity index (χ0) is 14.8. The van der Waals surface area contributed by atoms with Crippen LogP contribution < -0.4 is 5.73 Å². The van der Waals surface area contributed by atoms with Crippen molar-refractivity contribution in [2.45, 2.75) is 37.5 Å². The first kappa shape index (κ1) is 17.6. The van der Waals surface area contributed by atoms with E-state index in [0.29, 0.717) is 5.92 Å². The lowest BCUT2D eigenvalue weighted by Crippen LogP contribution is -2.46. The molecule has 0 bridgehead atoms. The van der Waals surface area contributed by atoms with Crippen LogP contribution in [-0.4, -0.2) is 35.7 Å². The third kappa shape index (κ3) is 3.61. The molecule has 2 aliphatic rings. The maximum atomic E-state index is 12.9. The lowest BCUT2D eigenvalue weighted by Gasteiger charge is -2.37. The molecule has 0 saturated carbocycles.